The predicted molar refractivity (Wildman–Crippen MR) is 73.9 cm³/mol. The first-order valence-electron chi connectivity index (χ1n) is 6.76. The highest BCUT2D eigenvalue weighted by atomic mass is 16.5. The van der Waals surface area contributed by atoms with Crippen molar-refractivity contribution in [3.8, 4) is 5.75 Å². The molecule has 19 heavy (non-hydrogen) atoms. The molecule has 1 atom stereocenters. The van der Waals surface area contributed by atoms with E-state index in [0.29, 0.717) is 0 Å². The minimum atomic E-state index is -0.103. The van der Waals surface area contributed by atoms with Crippen molar-refractivity contribution in [1.82, 2.24) is 10.6 Å². The Balaban J connectivity index is 1.71. The molecule has 102 valence electrons. The normalized spacial score (nSPS) is 20.9. The number of anilines is 1. The zero-order valence-electron chi connectivity index (χ0n) is 11.1. The number of nitrogens with one attached hydrogen (secondary N) is 2. The van der Waals surface area contributed by atoms with Crippen molar-refractivity contribution >= 4 is 11.7 Å². The van der Waals surface area contributed by atoms with Crippen LogP contribution in [0.3, 0.4) is 0 Å². The summed E-state index contributed by atoms with van der Waals surface area (Å²) >= 11 is 0. The molecule has 2 heterocycles. The molecule has 2 N–H and O–H groups in total. The fourth-order valence-corrected chi connectivity index (χ4v) is 2.85. The van der Waals surface area contributed by atoms with E-state index >= 15 is 0 Å². The first kappa shape index (κ1) is 12.1. The Labute approximate surface area is 112 Å². The zero-order chi connectivity index (χ0) is 13.2. The second kappa shape index (κ2) is 4.99. The lowest BCUT2D eigenvalue weighted by molar-refractivity contribution is 0.240. The number of amides is 2. The van der Waals surface area contributed by atoms with E-state index < -0.39 is 0 Å². The summed E-state index contributed by atoms with van der Waals surface area (Å²) < 4.78 is 5.60. The van der Waals surface area contributed by atoms with Gasteiger partial charge in [0.2, 0.25) is 0 Å². The Morgan fingerprint density at radius 2 is 2.37 bits per heavy atom. The maximum Gasteiger partial charge on any atom is 0.314 e. The molecular weight excluding hydrogens is 242 g/mol. The molecule has 3 rings (SSSR count). The van der Waals surface area contributed by atoms with E-state index in [0.717, 1.165) is 38.3 Å². The highest BCUT2D eigenvalue weighted by molar-refractivity contribution is 5.74. The fourth-order valence-electron chi connectivity index (χ4n) is 2.85. The summed E-state index contributed by atoms with van der Waals surface area (Å²) in [7, 11) is 1.64. The van der Waals surface area contributed by atoms with Crippen LogP contribution in [0, 0.1) is 0 Å². The highest BCUT2D eigenvalue weighted by Gasteiger charge is 2.27. The molecule has 1 fully saturated rings. The summed E-state index contributed by atoms with van der Waals surface area (Å²) in [5.74, 6) is 1.01. The number of urea groups is 1. The van der Waals surface area contributed by atoms with Gasteiger partial charge in [-0.2, -0.15) is 0 Å². The molecule has 1 saturated heterocycles. The molecule has 0 bridgehead atoms. The molecular formula is C14H19N3O2. The molecule has 0 spiro atoms. The lowest BCUT2D eigenvalue weighted by Crippen LogP contribution is -2.42. The van der Waals surface area contributed by atoms with Crippen LogP contribution in [0.5, 0.6) is 5.75 Å². The number of hydrogen-bond donors (Lipinski definition) is 2. The topological polar surface area (TPSA) is 53.6 Å². The Bertz CT molecular complexity index is 490. The van der Waals surface area contributed by atoms with Crippen LogP contribution in [-0.4, -0.2) is 38.8 Å². The van der Waals surface area contributed by atoms with E-state index in [4.69, 9.17) is 4.74 Å². The van der Waals surface area contributed by atoms with Gasteiger partial charge in [0.25, 0.3) is 0 Å². The van der Waals surface area contributed by atoms with Gasteiger partial charge in [-0.15, -0.1) is 0 Å². The predicted octanol–water partition coefficient (Wildman–Crippen LogP) is 1.13. The molecule has 0 unspecified atom stereocenters. The largest absolute Gasteiger partial charge is 0.493 e. The van der Waals surface area contributed by atoms with Crippen molar-refractivity contribution in [3.63, 3.8) is 0 Å². The number of carbonyl (C=O) groups is 1. The van der Waals surface area contributed by atoms with E-state index in [2.05, 4.69) is 21.6 Å². The van der Waals surface area contributed by atoms with E-state index in [-0.39, 0.29) is 12.1 Å². The summed E-state index contributed by atoms with van der Waals surface area (Å²) in [5, 5.41) is 5.57. The van der Waals surface area contributed by atoms with Crippen LogP contribution in [0.1, 0.15) is 12.0 Å². The SMILES string of the molecule is CNC(=O)N[C@H]1CCN(c2cccc3c2CCO3)C1. The second-order valence-corrected chi connectivity index (χ2v) is 5.01. The van der Waals surface area contributed by atoms with Crippen molar-refractivity contribution in [2.45, 2.75) is 18.9 Å². The standard InChI is InChI=1S/C14H19N3O2/c1-15-14(18)16-10-5-7-17(9-10)12-3-2-4-13-11(12)6-8-19-13/h2-4,10H,5-9H2,1H3,(H2,15,16,18)/t10-/m0/s1. The third-order valence-corrected chi connectivity index (χ3v) is 3.81. The van der Waals surface area contributed by atoms with Crippen LogP contribution < -0.4 is 20.3 Å². The molecule has 0 radical (unpaired) electrons. The Morgan fingerprint density at radius 1 is 1.47 bits per heavy atom. The molecule has 5 heteroatoms. The quantitative estimate of drug-likeness (QED) is 0.839. The zero-order valence-corrected chi connectivity index (χ0v) is 11.1. The minimum absolute atomic E-state index is 0.103. The Hall–Kier alpha value is -1.91. The van der Waals surface area contributed by atoms with Gasteiger partial charge in [0, 0.05) is 43.9 Å². The van der Waals surface area contributed by atoms with Gasteiger partial charge in [-0.3, -0.25) is 0 Å². The van der Waals surface area contributed by atoms with Gasteiger partial charge >= 0.3 is 6.03 Å². The van der Waals surface area contributed by atoms with Crippen LogP contribution >= 0.6 is 0 Å². The van der Waals surface area contributed by atoms with Gasteiger partial charge in [-0.25, -0.2) is 4.79 Å². The molecule has 2 aliphatic heterocycles. The Morgan fingerprint density at radius 3 is 3.21 bits per heavy atom. The molecule has 0 aromatic heterocycles. The van der Waals surface area contributed by atoms with E-state index in [1.165, 1.54) is 11.3 Å². The fraction of sp³-hybridized carbons (Fsp3) is 0.500. The number of rotatable bonds is 2. The number of benzene rings is 1. The molecule has 1 aromatic carbocycles. The summed E-state index contributed by atoms with van der Waals surface area (Å²) in [5.41, 5.74) is 2.57. The third kappa shape index (κ3) is 2.32. The lowest BCUT2D eigenvalue weighted by atomic mass is 10.1. The maximum absolute atomic E-state index is 11.3. The average molecular weight is 261 g/mol. The monoisotopic (exact) mass is 261 g/mol. The molecule has 0 saturated carbocycles. The summed E-state index contributed by atoms with van der Waals surface area (Å²) in [6.07, 6.45) is 1.97. The molecule has 1 aromatic rings. The van der Waals surface area contributed by atoms with E-state index in [9.17, 15) is 4.79 Å². The highest BCUT2D eigenvalue weighted by Crippen LogP contribution is 2.35. The van der Waals surface area contributed by atoms with Crippen LogP contribution in [0.15, 0.2) is 18.2 Å². The number of nitrogens with zero attached hydrogens (tertiary/aromatic N) is 1. The Kier molecular flexibility index (Phi) is 3.19. The molecule has 0 aliphatic carbocycles. The van der Waals surface area contributed by atoms with Crippen LogP contribution in [0.25, 0.3) is 0 Å². The first-order valence-corrected chi connectivity index (χ1v) is 6.76. The van der Waals surface area contributed by atoms with Crippen molar-refractivity contribution in [3.05, 3.63) is 23.8 Å². The molecule has 5 nitrogen and oxygen atoms in total. The molecule has 2 amide bonds. The van der Waals surface area contributed by atoms with Gasteiger partial charge in [0.05, 0.1) is 6.61 Å². The number of fused-ring (bicyclic) bond motifs is 1. The number of hydrogen-bond acceptors (Lipinski definition) is 3. The first-order chi connectivity index (χ1) is 9.28. The maximum atomic E-state index is 11.3. The van der Waals surface area contributed by atoms with Crippen LogP contribution in [0.4, 0.5) is 10.5 Å². The van der Waals surface area contributed by atoms with Crippen molar-refractivity contribution < 1.29 is 9.53 Å². The lowest BCUT2D eigenvalue weighted by Gasteiger charge is -2.21. The van der Waals surface area contributed by atoms with E-state index in [1.807, 2.05) is 12.1 Å². The third-order valence-electron chi connectivity index (χ3n) is 3.81. The van der Waals surface area contributed by atoms with Gasteiger partial charge in [0.15, 0.2) is 0 Å². The van der Waals surface area contributed by atoms with Gasteiger partial charge in [-0.1, -0.05) is 6.07 Å². The number of carbonyl (C=O) groups excluding carboxylic acids is 1. The van der Waals surface area contributed by atoms with Gasteiger partial charge < -0.3 is 20.3 Å². The number of ether oxygens (including phenoxy) is 1. The van der Waals surface area contributed by atoms with Gasteiger partial charge in [-0.05, 0) is 18.6 Å². The van der Waals surface area contributed by atoms with Crippen LogP contribution in [-0.2, 0) is 6.42 Å². The minimum Gasteiger partial charge on any atom is -0.493 e. The average Bonchev–Trinajstić information content (AvgIpc) is 3.06. The summed E-state index contributed by atoms with van der Waals surface area (Å²) in [6.45, 7) is 2.62. The van der Waals surface area contributed by atoms with Crippen molar-refractivity contribution in [2.24, 2.45) is 0 Å². The van der Waals surface area contributed by atoms with Crippen LogP contribution in [0.2, 0.25) is 0 Å². The van der Waals surface area contributed by atoms with E-state index in [1.54, 1.807) is 7.05 Å². The smallest absolute Gasteiger partial charge is 0.314 e. The second-order valence-electron chi connectivity index (χ2n) is 5.01. The van der Waals surface area contributed by atoms with Crippen molar-refractivity contribution in [2.75, 3.05) is 31.6 Å². The van der Waals surface area contributed by atoms with Gasteiger partial charge in [0.1, 0.15) is 5.75 Å². The van der Waals surface area contributed by atoms with Crippen molar-refractivity contribution in [1.29, 1.82) is 0 Å². The summed E-state index contributed by atoms with van der Waals surface area (Å²) in [6, 6.07) is 6.34. The summed E-state index contributed by atoms with van der Waals surface area (Å²) in [4.78, 5) is 13.7. The molecule has 2 aliphatic rings.